The Morgan fingerprint density at radius 3 is 2.40 bits per heavy atom. The fourth-order valence-electron chi connectivity index (χ4n) is 1.20. The summed E-state index contributed by atoms with van der Waals surface area (Å²) in [4.78, 5) is 10.8. The second-order valence-electron chi connectivity index (χ2n) is 2.62. The summed E-state index contributed by atoms with van der Waals surface area (Å²) in [5.41, 5.74) is 0. The van der Waals surface area contributed by atoms with Crippen LogP contribution in [0.5, 0.6) is 0 Å². The van der Waals surface area contributed by atoms with E-state index in [9.17, 15) is 4.79 Å². The monoisotopic (exact) mass is 138 g/mol. The van der Waals surface area contributed by atoms with Gasteiger partial charge in [-0.05, 0) is 6.92 Å². The van der Waals surface area contributed by atoms with E-state index in [0.717, 1.165) is 0 Å². The number of cyclic esters (lactones) is 1. The van der Waals surface area contributed by atoms with E-state index in [-0.39, 0.29) is 23.9 Å². The molecule has 54 valence electrons. The first-order valence-corrected chi connectivity index (χ1v) is 3.33. The molecule has 2 heteroatoms. The molecule has 1 rings (SSSR count). The molecule has 0 aromatic carbocycles. The highest BCUT2D eigenvalue weighted by Crippen LogP contribution is 2.26. The van der Waals surface area contributed by atoms with Crippen LogP contribution in [-0.2, 0) is 9.53 Å². The molecule has 3 atom stereocenters. The smallest absolute Gasteiger partial charge is 0.310 e. The van der Waals surface area contributed by atoms with Crippen LogP contribution in [-0.4, -0.2) is 12.1 Å². The number of esters is 1. The van der Waals surface area contributed by atoms with Gasteiger partial charge in [0.2, 0.25) is 0 Å². The fraction of sp³-hybridized carbons (Fsp3) is 0.625. The lowest BCUT2D eigenvalue weighted by Gasteiger charge is -2.06. The Morgan fingerprint density at radius 1 is 1.60 bits per heavy atom. The molecule has 1 fully saturated rings. The fourth-order valence-corrected chi connectivity index (χ4v) is 1.20. The largest absolute Gasteiger partial charge is 0.461 e. The number of terminal acetylenes is 1. The Kier molecular flexibility index (Phi) is 1.67. The highest BCUT2D eigenvalue weighted by molar-refractivity contribution is 5.75. The molecule has 0 aromatic rings. The molecule has 0 aromatic heterocycles. The van der Waals surface area contributed by atoms with Crippen molar-refractivity contribution in [2.45, 2.75) is 20.0 Å². The number of hydrogen-bond acceptors (Lipinski definition) is 2. The van der Waals surface area contributed by atoms with Gasteiger partial charge in [-0.15, -0.1) is 6.42 Å². The van der Waals surface area contributed by atoms with E-state index in [1.165, 1.54) is 0 Å². The van der Waals surface area contributed by atoms with Crippen molar-refractivity contribution < 1.29 is 9.53 Å². The van der Waals surface area contributed by atoms with Gasteiger partial charge < -0.3 is 4.74 Å². The van der Waals surface area contributed by atoms with Crippen LogP contribution in [0.4, 0.5) is 0 Å². The number of carbonyl (C=O) groups excluding carboxylic acids is 1. The lowest BCUT2D eigenvalue weighted by atomic mass is 9.94. The molecule has 0 radical (unpaired) electrons. The predicted molar refractivity (Wildman–Crippen MR) is 37.0 cm³/mol. The summed E-state index contributed by atoms with van der Waals surface area (Å²) in [6.07, 6.45) is 5.09. The first-order chi connectivity index (χ1) is 4.66. The molecule has 0 saturated carbocycles. The van der Waals surface area contributed by atoms with Crippen LogP contribution in [0, 0.1) is 24.2 Å². The van der Waals surface area contributed by atoms with Gasteiger partial charge >= 0.3 is 5.97 Å². The number of rotatable bonds is 0. The van der Waals surface area contributed by atoms with Gasteiger partial charge in [0.25, 0.3) is 0 Å². The van der Waals surface area contributed by atoms with Crippen LogP contribution in [0.3, 0.4) is 0 Å². The summed E-state index contributed by atoms with van der Waals surface area (Å²) < 4.78 is 4.90. The van der Waals surface area contributed by atoms with E-state index in [2.05, 4.69) is 5.92 Å². The maximum absolute atomic E-state index is 10.8. The Bertz CT molecular complexity index is 190. The predicted octanol–water partition coefficient (Wildman–Crippen LogP) is 0.817. The van der Waals surface area contributed by atoms with Crippen LogP contribution >= 0.6 is 0 Å². The van der Waals surface area contributed by atoms with Crippen LogP contribution < -0.4 is 0 Å². The molecule has 0 amide bonds. The maximum atomic E-state index is 10.8. The topological polar surface area (TPSA) is 26.3 Å². The van der Waals surface area contributed by atoms with Gasteiger partial charge in [-0.2, -0.15) is 0 Å². The van der Waals surface area contributed by atoms with Gasteiger partial charge in [0.15, 0.2) is 0 Å². The van der Waals surface area contributed by atoms with Gasteiger partial charge in [-0.3, -0.25) is 4.79 Å². The zero-order valence-electron chi connectivity index (χ0n) is 6.13. The second kappa shape index (κ2) is 2.34. The molecule has 0 spiro atoms. The van der Waals surface area contributed by atoms with Gasteiger partial charge in [-0.1, -0.05) is 12.8 Å². The first kappa shape index (κ1) is 7.14. The van der Waals surface area contributed by atoms with Crippen molar-refractivity contribution in [2.75, 3.05) is 0 Å². The van der Waals surface area contributed by atoms with Crippen molar-refractivity contribution in [3.05, 3.63) is 0 Å². The molecule has 0 N–H and O–H groups in total. The van der Waals surface area contributed by atoms with E-state index < -0.39 is 0 Å². The highest BCUT2D eigenvalue weighted by atomic mass is 16.6. The van der Waals surface area contributed by atoms with Gasteiger partial charge in [0.1, 0.15) is 6.10 Å². The van der Waals surface area contributed by atoms with E-state index in [1.807, 2.05) is 6.92 Å². The minimum absolute atomic E-state index is 0.0347. The summed E-state index contributed by atoms with van der Waals surface area (Å²) >= 11 is 0. The molecule has 0 unspecified atom stereocenters. The van der Waals surface area contributed by atoms with E-state index >= 15 is 0 Å². The molecule has 0 bridgehead atoms. The van der Waals surface area contributed by atoms with Crippen molar-refractivity contribution >= 4 is 5.97 Å². The molecule has 1 saturated heterocycles. The quantitative estimate of drug-likeness (QED) is 0.366. The van der Waals surface area contributed by atoms with E-state index in [1.54, 1.807) is 6.92 Å². The lowest BCUT2D eigenvalue weighted by molar-refractivity contribution is -0.143. The molecule has 1 heterocycles. The summed E-state index contributed by atoms with van der Waals surface area (Å²) in [7, 11) is 0. The van der Waals surface area contributed by atoms with Gasteiger partial charge in [-0.25, -0.2) is 0 Å². The minimum atomic E-state index is -0.171. The molecule has 10 heavy (non-hydrogen) atoms. The average molecular weight is 138 g/mol. The number of ether oxygens (including phenoxy) is 1. The Labute approximate surface area is 60.6 Å². The normalized spacial score (nSPS) is 38.9. The molecule has 2 nitrogen and oxygen atoms in total. The lowest BCUT2D eigenvalue weighted by Crippen LogP contribution is -2.13. The van der Waals surface area contributed by atoms with Crippen molar-refractivity contribution in [3.63, 3.8) is 0 Å². The van der Waals surface area contributed by atoms with Crippen LogP contribution in [0.25, 0.3) is 0 Å². The number of carbonyl (C=O) groups is 1. The van der Waals surface area contributed by atoms with Crippen molar-refractivity contribution in [3.8, 4) is 12.3 Å². The van der Waals surface area contributed by atoms with Crippen molar-refractivity contribution in [2.24, 2.45) is 11.8 Å². The third-order valence-corrected chi connectivity index (χ3v) is 1.91. The standard InChI is InChI=1S/C8H10O2/c1-4-7-5(2)8(9)10-6(7)3/h1,5-7H,2-3H3/t5-,6+,7+/m1/s1. The number of hydrogen-bond donors (Lipinski definition) is 0. The van der Waals surface area contributed by atoms with Crippen LogP contribution in [0.1, 0.15) is 13.8 Å². The summed E-state index contributed by atoms with van der Waals surface area (Å²) in [5.74, 6) is 2.22. The average Bonchev–Trinajstić information content (AvgIpc) is 2.09. The molecular weight excluding hydrogens is 128 g/mol. The third-order valence-electron chi connectivity index (χ3n) is 1.91. The summed E-state index contributed by atoms with van der Waals surface area (Å²) in [5, 5.41) is 0. The van der Waals surface area contributed by atoms with Crippen molar-refractivity contribution in [1.29, 1.82) is 0 Å². The Balaban J connectivity index is 2.76. The molecule has 1 aliphatic heterocycles. The van der Waals surface area contributed by atoms with Crippen molar-refractivity contribution in [1.82, 2.24) is 0 Å². The zero-order chi connectivity index (χ0) is 7.72. The first-order valence-electron chi connectivity index (χ1n) is 3.33. The van der Waals surface area contributed by atoms with Crippen LogP contribution in [0.15, 0.2) is 0 Å². The molecule has 1 aliphatic rings. The van der Waals surface area contributed by atoms with E-state index in [0.29, 0.717) is 0 Å². The SMILES string of the molecule is C#C[C@@H]1[C@H](C)OC(=O)[C@@H]1C. The third kappa shape index (κ3) is 0.881. The Morgan fingerprint density at radius 2 is 2.20 bits per heavy atom. The molecular formula is C8H10O2. The minimum Gasteiger partial charge on any atom is -0.461 e. The van der Waals surface area contributed by atoms with Gasteiger partial charge in [0.05, 0.1) is 11.8 Å². The van der Waals surface area contributed by atoms with Gasteiger partial charge in [0, 0.05) is 0 Å². The zero-order valence-corrected chi connectivity index (χ0v) is 6.13. The maximum Gasteiger partial charge on any atom is 0.310 e. The Hall–Kier alpha value is -0.970. The summed E-state index contributed by atoms with van der Waals surface area (Å²) in [6, 6.07) is 0. The molecule has 0 aliphatic carbocycles. The summed E-state index contributed by atoms with van der Waals surface area (Å²) in [6.45, 7) is 3.63. The van der Waals surface area contributed by atoms with E-state index in [4.69, 9.17) is 11.2 Å². The second-order valence-corrected chi connectivity index (χ2v) is 2.62. The van der Waals surface area contributed by atoms with Crippen LogP contribution in [0.2, 0.25) is 0 Å². The highest BCUT2D eigenvalue weighted by Gasteiger charge is 2.37.